The summed E-state index contributed by atoms with van der Waals surface area (Å²) in [6.45, 7) is 2.41. The molecule has 0 saturated heterocycles. The largest absolute Gasteiger partial charge is 0.497 e. The molecule has 0 aliphatic carbocycles. The van der Waals surface area contributed by atoms with Crippen molar-refractivity contribution in [1.29, 1.82) is 0 Å². The molecule has 6 nitrogen and oxygen atoms in total. The predicted octanol–water partition coefficient (Wildman–Crippen LogP) is 4.11. The van der Waals surface area contributed by atoms with Crippen LogP contribution in [0.1, 0.15) is 22.8 Å². The Labute approximate surface area is 162 Å². The molecule has 6 heteroatoms. The van der Waals surface area contributed by atoms with Gasteiger partial charge in [-0.05, 0) is 48.9 Å². The summed E-state index contributed by atoms with van der Waals surface area (Å²) in [5, 5.41) is 0.639. The van der Waals surface area contributed by atoms with Crippen LogP contribution >= 0.6 is 0 Å². The Morgan fingerprint density at radius 2 is 1.86 bits per heavy atom. The number of fused-ring (bicyclic) bond motifs is 1. The summed E-state index contributed by atoms with van der Waals surface area (Å²) in [5.74, 6) is 1.31. The van der Waals surface area contributed by atoms with Gasteiger partial charge in [0.05, 0.1) is 20.8 Å². The molecule has 1 heterocycles. The van der Waals surface area contributed by atoms with Crippen molar-refractivity contribution in [2.24, 2.45) is 0 Å². The van der Waals surface area contributed by atoms with Gasteiger partial charge in [0.25, 0.3) is 0 Å². The average molecular weight is 380 g/mol. The van der Waals surface area contributed by atoms with Crippen LogP contribution in [0.3, 0.4) is 0 Å². The van der Waals surface area contributed by atoms with Gasteiger partial charge in [-0.3, -0.25) is 4.79 Å². The Morgan fingerprint density at radius 3 is 2.57 bits per heavy atom. The maximum Gasteiger partial charge on any atom is 0.347 e. The van der Waals surface area contributed by atoms with E-state index in [4.69, 9.17) is 18.6 Å². The fourth-order valence-electron chi connectivity index (χ4n) is 2.71. The topological polar surface area (TPSA) is 75.0 Å². The van der Waals surface area contributed by atoms with Gasteiger partial charge in [-0.1, -0.05) is 12.1 Å². The van der Waals surface area contributed by atoms with E-state index < -0.39 is 11.4 Å². The van der Waals surface area contributed by atoms with Gasteiger partial charge in [-0.25, -0.2) is 4.79 Å². The van der Waals surface area contributed by atoms with Gasteiger partial charge in [-0.15, -0.1) is 0 Å². The molecule has 0 aliphatic heterocycles. The number of benzene rings is 2. The number of ether oxygens (including phenoxy) is 3. The molecule has 2 aromatic carbocycles. The van der Waals surface area contributed by atoms with Gasteiger partial charge < -0.3 is 18.6 Å². The van der Waals surface area contributed by atoms with E-state index in [1.165, 1.54) is 19.3 Å². The van der Waals surface area contributed by atoms with Crippen molar-refractivity contribution >= 4 is 22.8 Å². The molecule has 0 unspecified atom stereocenters. The molecule has 1 aromatic heterocycles. The first-order valence-electron chi connectivity index (χ1n) is 8.71. The minimum Gasteiger partial charge on any atom is -0.497 e. The molecule has 0 bridgehead atoms. The van der Waals surface area contributed by atoms with Crippen LogP contribution in [0.25, 0.3) is 17.0 Å². The summed E-state index contributed by atoms with van der Waals surface area (Å²) in [7, 11) is 3.07. The van der Waals surface area contributed by atoms with Gasteiger partial charge in [0.2, 0.25) is 0 Å². The third-order valence-corrected chi connectivity index (χ3v) is 4.12. The van der Waals surface area contributed by atoms with E-state index in [1.807, 2.05) is 6.92 Å². The van der Waals surface area contributed by atoms with Crippen molar-refractivity contribution < 1.29 is 23.4 Å². The number of carbonyl (C=O) groups excluding carboxylic acids is 1. The molecule has 28 heavy (non-hydrogen) atoms. The van der Waals surface area contributed by atoms with E-state index in [-0.39, 0.29) is 5.56 Å². The number of ketones is 1. The minimum absolute atomic E-state index is 0.0354. The minimum atomic E-state index is -0.695. The van der Waals surface area contributed by atoms with Crippen molar-refractivity contribution in [2.45, 2.75) is 6.92 Å². The molecule has 0 N–H and O–H groups in total. The van der Waals surface area contributed by atoms with Crippen molar-refractivity contribution in [3.63, 3.8) is 0 Å². The summed E-state index contributed by atoms with van der Waals surface area (Å²) in [4.78, 5) is 24.7. The van der Waals surface area contributed by atoms with Crippen molar-refractivity contribution in [2.75, 3.05) is 20.8 Å². The second kappa shape index (κ2) is 8.43. The summed E-state index contributed by atoms with van der Waals surface area (Å²) >= 11 is 0. The predicted molar refractivity (Wildman–Crippen MR) is 107 cm³/mol. The lowest BCUT2D eigenvalue weighted by atomic mass is 10.1. The molecule has 0 spiro atoms. The first-order valence-corrected chi connectivity index (χ1v) is 8.71. The lowest BCUT2D eigenvalue weighted by Gasteiger charge is -2.09. The van der Waals surface area contributed by atoms with E-state index in [1.54, 1.807) is 49.6 Å². The van der Waals surface area contributed by atoms with E-state index in [0.717, 1.165) is 5.56 Å². The number of allylic oxidation sites excluding steroid dienone is 1. The molecule has 144 valence electrons. The Hall–Kier alpha value is -3.54. The lowest BCUT2D eigenvalue weighted by molar-refractivity contribution is 0.104. The second-order valence-electron chi connectivity index (χ2n) is 5.89. The molecular weight excluding hydrogens is 360 g/mol. The van der Waals surface area contributed by atoms with E-state index in [9.17, 15) is 9.59 Å². The van der Waals surface area contributed by atoms with Crippen LogP contribution in [0.4, 0.5) is 0 Å². The molecule has 0 atom stereocenters. The Kier molecular flexibility index (Phi) is 5.79. The zero-order valence-corrected chi connectivity index (χ0v) is 15.9. The van der Waals surface area contributed by atoms with Gasteiger partial charge in [-0.2, -0.15) is 0 Å². The van der Waals surface area contributed by atoms with Gasteiger partial charge in [0.1, 0.15) is 16.9 Å². The van der Waals surface area contributed by atoms with Gasteiger partial charge >= 0.3 is 5.63 Å². The molecule has 0 amide bonds. The highest BCUT2D eigenvalue weighted by molar-refractivity contribution is 6.07. The lowest BCUT2D eigenvalue weighted by Crippen LogP contribution is -2.11. The fourth-order valence-corrected chi connectivity index (χ4v) is 2.71. The average Bonchev–Trinajstić information content (AvgIpc) is 2.71. The Morgan fingerprint density at radius 1 is 1.04 bits per heavy atom. The Balaban J connectivity index is 1.88. The third kappa shape index (κ3) is 4.06. The quantitative estimate of drug-likeness (QED) is 0.349. The van der Waals surface area contributed by atoms with Crippen LogP contribution in [-0.2, 0) is 0 Å². The Bertz CT molecular complexity index is 1090. The summed E-state index contributed by atoms with van der Waals surface area (Å²) in [5.41, 5.74) is 0.371. The normalized spacial score (nSPS) is 11.0. The van der Waals surface area contributed by atoms with Gasteiger partial charge in [0, 0.05) is 11.5 Å². The summed E-state index contributed by atoms with van der Waals surface area (Å²) in [6.07, 6.45) is 2.94. The number of rotatable bonds is 7. The third-order valence-electron chi connectivity index (χ3n) is 4.12. The highest BCUT2D eigenvalue weighted by Gasteiger charge is 2.12. The van der Waals surface area contributed by atoms with Crippen LogP contribution in [0.15, 0.2) is 57.8 Å². The van der Waals surface area contributed by atoms with Crippen molar-refractivity contribution in [3.8, 4) is 17.2 Å². The maximum atomic E-state index is 12.5. The van der Waals surface area contributed by atoms with Crippen LogP contribution in [-0.4, -0.2) is 26.6 Å². The van der Waals surface area contributed by atoms with Crippen LogP contribution in [0.2, 0.25) is 0 Å². The van der Waals surface area contributed by atoms with Crippen molar-refractivity contribution in [3.05, 3.63) is 70.1 Å². The van der Waals surface area contributed by atoms with Crippen LogP contribution in [0, 0.1) is 0 Å². The monoisotopic (exact) mass is 380 g/mol. The smallest absolute Gasteiger partial charge is 0.347 e. The van der Waals surface area contributed by atoms with Crippen LogP contribution in [0.5, 0.6) is 17.2 Å². The highest BCUT2D eigenvalue weighted by Crippen LogP contribution is 2.28. The number of methoxy groups -OCH3 is 2. The molecule has 0 fully saturated rings. The van der Waals surface area contributed by atoms with E-state index in [2.05, 4.69) is 0 Å². The molecule has 3 rings (SSSR count). The zero-order chi connectivity index (χ0) is 20.1. The fraction of sp³-hybridized carbons (Fsp3) is 0.182. The SMILES string of the molecule is CCOc1ccc(/C=C/C(=O)c2cc3ccc(OC)cc3oc2=O)cc1OC. The van der Waals surface area contributed by atoms with Crippen molar-refractivity contribution in [1.82, 2.24) is 0 Å². The standard InChI is InChI=1S/C22H20O6/c1-4-27-19-10-6-14(11-21(19)26-3)5-9-18(23)17-12-15-7-8-16(25-2)13-20(15)28-22(17)24/h5-13H,4H2,1-3H3/b9-5+. The molecule has 0 radical (unpaired) electrons. The van der Waals surface area contributed by atoms with E-state index in [0.29, 0.717) is 34.8 Å². The second-order valence-corrected chi connectivity index (χ2v) is 5.89. The maximum absolute atomic E-state index is 12.5. The van der Waals surface area contributed by atoms with E-state index >= 15 is 0 Å². The first-order chi connectivity index (χ1) is 13.5. The first kappa shape index (κ1) is 19.2. The van der Waals surface area contributed by atoms with Crippen LogP contribution < -0.4 is 19.8 Å². The number of carbonyl (C=O) groups is 1. The molecular formula is C22H20O6. The summed E-state index contributed by atoms with van der Waals surface area (Å²) in [6, 6.07) is 11.9. The van der Waals surface area contributed by atoms with Gasteiger partial charge in [0.15, 0.2) is 17.3 Å². The molecule has 3 aromatic rings. The highest BCUT2D eigenvalue weighted by atomic mass is 16.5. The molecule has 0 saturated carbocycles. The summed E-state index contributed by atoms with van der Waals surface area (Å²) < 4.78 is 21.1. The number of hydrogen-bond donors (Lipinski definition) is 0. The zero-order valence-electron chi connectivity index (χ0n) is 15.9. The number of hydrogen-bond acceptors (Lipinski definition) is 6. The molecule has 0 aliphatic rings.